The minimum absolute atomic E-state index is 0.265. The molecule has 0 aliphatic carbocycles. The molecule has 0 saturated heterocycles. The van der Waals surface area contributed by atoms with Crippen LogP contribution in [0.15, 0.2) is 42.6 Å². The van der Waals surface area contributed by atoms with Crippen molar-refractivity contribution in [1.82, 2.24) is 4.98 Å². The van der Waals surface area contributed by atoms with Gasteiger partial charge in [0, 0.05) is 18.3 Å². The Bertz CT molecular complexity index is 514. The molecule has 0 fully saturated rings. The SMILES string of the molecule is CCCNc1ncccc1COc1ccc(F)cc1. The largest absolute Gasteiger partial charge is 0.489 e. The van der Waals surface area contributed by atoms with Crippen LogP contribution in [0.5, 0.6) is 5.75 Å². The highest BCUT2D eigenvalue weighted by Crippen LogP contribution is 2.17. The topological polar surface area (TPSA) is 34.2 Å². The van der Waals surface area contributed by atoms with E-state index in [1.165, 1.54) is 12.1 Å². The number of hydrogen-bond donors (Lipinski definition) is 1. The first-order valence-corrected chi connectivity index (χ1v) is 6.35. The molecule has 0 spiro atoms. The summed E-state index contributed by atoms with van der Waals surface area (Å²) in [5, 5.41) is 3.26. The molecule has 0 aliphatic heterocycles. The lowest BCUT2D eigenvalue weighted by atomic mass is 10.2. The van der Waals surface area contributed by atoms with E-state index >= 15 is 0 Å². The van der Waals surface area contributed by atoms with Crippen molar-refractivity contribution >= 4 is 5.82 Å². The molecule has 19 heavy (non-hydrogen) atoms. The molecular formula is C15H17FN2O. The minimum Gasteiger partial charge on any atom is -0.489 e. The van der Waals surface area contributed by atoms with Crippen molar-refractivity contribution in [2.75, 3.05) is 11.9 Å². The minimum atomic E-state index is -0.265. The van der Waals surface area contributed by atoms with Gasteiger partial charge in [-0.2, -0.15) is 0 Å². The summed E-state index contributed by atoms with van der Waals surface area (Å²) < 4.78 is 18.4. The van der Waals surface area contributed by atoms with Crippen molar-refractivity contribution in [2.45, 2.75) is 20.0 Å². The fourth-order valence-corrected chi connectivity index (χ4v) is 1.65. The summed E-state index contributed by atoms with van der Waals surface area (Å²) >= 11 is 0. The zero-order valence-electron chi connectivity index (χ0n) is 10.9. The van der Waals surface area contributed by atoms with E-state index < -0.39 is 0 Å². The highest BCUT2D eigenvalue weighted by molar-refractivity contribution is 5.43. The summed E-state index contributed by atoms with van der Waals surface area (Å²) in [5.74, 6) is 1.22. The zero-order chi connectivity index (χ0) is 13.5. The van der Waals surface area contributed by atoms with Gasteiger partial charge in [0.25, 0.3) is 0 Å². The quantitative estimate of drug-likeness (QED) is 0.861. The maximum atomic E-state index is 12.8. The van der Waals surface area contributed by atoms with Gasteiger partial charge in [-0.1, -0.05) is 13.0 Å². The molecule has 1 aromatic carbocycles. The Morgan fingerprint density at radius 3 is 2.74 bits per heavy atom. The van der Waals surface area contributed by atoms with Gasteiger partial charge >= 0.3 is 0 Å². The Morgan fingerprint density at radius 2 is 2.00 bits per heavy atom. The van der Waals surface area contributed by atoms with Crippen LogP contribution in [0, 0.1) is 5.82 Å². The number of aromatic nitrogens is 1. The lowest BCUT2D eigenvalue weighted by molar-refractivity contribution is 0.306. The third-order valence-corrected chi connectivity index (χ3v) is 2.64. The molecule has 1 N–H and O–H groups in total. The summed E-state index contributed by atoms with van der Waals surface area (Å²) in [7, 11) is 0. The maximum Gasteiger partial charge on any atom is 0.132 e. The number of anilines is 1. The van der Waals surface area contributed by atoms with E-state index in [1.54, 1.807) is 18.3 Å². The first-order valence-electron chi connectivity index (χ1n) is 6.35. The van der Waals surface area contributed by atoms with Crippen molar-refractivity contribution < 1.29 is 9.13 Å². The summed E-state index contributed by atoms with van der Waals surface area (Å²) in [6.45, 7) is 3.39. The molecule has 2 rings (SSSR count). The molecule has 0 radical (unpaired) electrons. The molecule has 3 nitrogen and oxygen atoms in total. The molecule has 0 atom stereocenters. The highest BCUT2D eigenvalue weighted by atomic mass is 19.1. The lowest BCUT2D eigenvalue weighted by Gasteiger charge is -2.11. The van der Waals surface area contributed by atoms with Crippen LogP contribution in [0.25, 0.3) is 0 Å². The van der Waals surface area contributed by atoms with Gasteiger partial charge in [0.05, 0.1) is 0 Å². The lowest BCUT2D eigenvalue weighted by Crippen LogP contribution is -2.07. The van der Waals surface area contributed by atoms with Crippen LogP contribution in [0.1, 0.15) is 18.9 Å². The fourth-order valence-electron chi connectivity index (χ4n) is 1.65. The van der Waals surface area contributed by atoms with E-state index in [0.29, 0.717) is 12.4 Å². The Morgan fingerprint density at radius 1 is 1.21 bits per heavy atom. The van der Waals surface area contributed by atoms with Gasteiger partial charge in [-0.15, -0.1) is 0 Å². The molecular weight excluding hydrogens is 243 g/mol. The second-order valence-corrected chi connectivity index (χ2v) is 4.18. The third kappa shape index (κ3) is 3.95. The third-order valence-electron chi connectivity index (χ3n) is 2.64. The Balaban J connectivity index is 2.00. The van der Waals surface area contributed by atoms with Crippen LogP contribution in [0.4, 0.5) is 10.2 Å². The van der Waals surface area contributed by atoms with Gasteiger partial charge in [0.2, 0.25) is 0 Å². The zero-order valence-corrected chi connectivity index (χ0v) is 10.9. The van der Waals surface area contributed by atoms with Crippen molar-refractivity contribution in [1.29, 1.82) is 0 Å². The van der Waals surface area contributed by atoms with Gasteiger partial charge in [-0.05, 0) is 36.8 Å². The first-order chi connectivity index (χ1) is 9.29. The number of halogens is 1. The molecule has 0 aliphatic rings. The molecule has 0 bridgehead atoms. The fraction of sp³-hybridized carbons (Fsp3) is 0.267. The van der Waals surface area contributed by atoms with Crippen molar-refractivity contribution in [3.8, 4) is 5.75 Å². The van der Waals surface area contributed by atoms with E-state index in [2.05, 4.69) is 17.2 Å². The van der Waals surface area contributed by atoms with Gasteiger partial charge in [-0.3, -0.25) is 0 Å². The number of rotatable bonds is 6. The predicted octanol–water partition coefficient (Wildman–Crippen LogP) is 3.62. The average molecular weight is 260 g/mol. The van der Waals surface area contributed by atoms with E-state index in [4.69, 9.17) is 4.74 Å². The van der Waals surface area contributed by atoms with E-state index in [1.807, 2.05) is 12.1 Å². The molecule has 0 saturated carbocycles. The van der Waals surface area contributed by atoms with Gasteiger partial charge in [-0.25, -0.2) is 9.37 Å². The summed E-state index contributed by atoms with van der Waals surface area (Å²) in [4.78, 5) is 4.29. The number of benzene rings is 1. The molecule has 0 amide bonds. The first kappa shape index (κ1) is 13.3. The highest BCUT2D eigenvalue weighted by Gasteiger charge is 2.03. The van der Waals surface area contributed by atoms with Crippen LogP contribution in [0.3, 0.4) is 0 Å². The Labute approximate surface area is 112 Å². The number of nitrogens with one attached hydrogen (secondary N) is 1. The number of nitrogens with zero attached hydrogens (tertiary/aromatic N) is 1. The molecule has 4 heteroatoms. The molecule has 0 unspecified atom stereocenters. The normalized spacial score (nSPS) is 10.2. The monoisotopic (exact) mass is 260 g/mol. The van der Waals surface area contributed by atoms with Crippen LogP contribution >= 0.6 is 0 Å². The number of hydrogen-bond acceptors (Lipinski definition) is 3. The molecule has 2 aromatic rings. The second-order valence-electron chi connectivity index (χ2n) is 4.18. The molecule has 1 heterocycles. The van der Waals surface area contributed by atoms with E-state index in [-0.39, 0.29) is 5.82 Å². The van der Waals surface area contributed by atoms with Gasteiger partial charge in [0.1, 0.15) is 24.0 Å². The Kier molecular flexibility index (Phi) is 4.72. The van der Waals surface area contributed by atoms with Crippen molar-refractivity contribution in [3.05, 3.63) is 54.0 Å². The standard InChI is InChI=1S/C15H17FN2O/c1-2-9-17-15-12(4-3-10-18-15)11-19-14-7-5-13(16)6-8-14/h3-8,10H,2,9,11H2,1H3,(H,17,18). The average Bonchev–Trinajstić information content (AvgIpc) is 2.45. The Hall–Kier alpha value is -2.10. The number of pyridine rings is 1. The maximum absolute atomic E-state index is 12.8. The second kappa shape index (κ2) is 6.73. The molecule has 100 valence electrons. The van der Waals surface area contributed by atoms with Crippen molar-refractivity contribution in [3.63, 3.8) is 0 Å². The smallest absolute Gasteiger partial charge is 0.132 e. The van der Waals surface area contributed by atoms with Gasteiger partial charge in [0.15, 0.2) is 0 Å². The van der Waals surface area contributed by atoms with E-state index in [0.717, 1.165) is 24.3 Å². The predicted molar refractivity (Wildman–Crippen MR) is 73.7 cm³/mol. The molecule has 1 aromatic heterocycles. The van der Waals surface area contributed by atoms with Crippen LogP contribution in [-0.2, 0) is 6.61 Å². The summed E-state index contributed by atoms with van der Waals surface area (Å²) in [6.07, 6.45) is 2.79. The summed E-state index contributed by atoms with van der Waals surface area (Å²) in [5.41, 5.74) is 0.986. The number of ether oxygens (including phenoxy) is 1. The van der Waals surface area contributed by atoms with Gasteiger partial charge < -0.3 is 10.1 Å². The van der Waals surface area contributed by atoms with Crippen molar-refractivity contribution in [2.24, 2.45) is 0 Å². The van der Waals surface area contributed by atoms with E-state index in [9.17, 15) is 4.39 Å². The van der Waals surface area contributed by atoms with Crippen LogP contribution < -0.4 is 10.1 Å². The van der Waals surface area contributed by atoms with Crippen LogP contribution in [-0.4, -0.2) is 11.5 Å². The summed E-state index contributed by atoms with van der Waals surface area (Å²) in [6, 6.07) is 9.84. The van der Waals surface area contributed by atoms with Crippen LogP contribution in [0.2, 0.25) is 0 Å².